The van der Waals surface area contributed by atoms with E-state index in [1.165, 1.54) is 11.1 Å². The van der Waals surface area contributed by atoms with E-state index in [4.69, 9.17) is 0 Å². The first-order valence-electron chi connectivity index (χ1n) is 5.53. The summed E-state index contributed by atoms with van der Waals surface area (Å²) < 4.78 is 0. The van der Waals surface area contributed by atoms with E-state index in [2.05, 4.69) is 55.8 Å². The molecule has 15 heavy (non-hydrogen) atoms. The minimum absolute atomic E-state index is 1.00. The maximum absolute atomic E-state index is 4.55. The van der Waals surface area contributed by atoms with Gasteiger partial charge in [0.2, 0.25) is 0 Å². The molecule has 1 aromatic rings. The minimum Gasteiger partial charge on any atom is -0.363 e. The van der Waals surface area contributed by atoms with Gasteiger partial charge >= 0.3 is 0 Å². The number of aliphatic imine (C=N–C) groups is 1. The van der Waals surface area contributed by atoms with Crippen molar-refractivity contribution in [2.24, 2.45) is 4.99 Å². The molecule has 0 aromatic heterocycles. The van der Waals surface area contributed by atoms with Gasteiger partial charge in [-0.2, -0.15) is 0 Å². The molecule has 2 nitrogen and oxygen atoms in total. The molecule has 0 bridgehead atoms. The highest BCUT2D eigenvalue weighted by atomic mass is 15.1. The topological polar surface area (TPSA) is 15.6 Å². The monoisotopic (exact) mass is 204 g/mol. The number of para-hydroxylation sites is 1. The number of hydrogen-bond acceptors (Lipinski definition) is 1. The molecule has 0 saturated heterocycles. The summed E-state index contributed by atoms with van der Waals surface area (Å²) in [5, 5.41) is 0. The van der Waals surface area contributed by atoms with Crippen molar-refractivity contribution in [3.05, 3.63) is 29.3 Å². The highest BCUT2D eigenvalue weighted by Gasteiger charge is 1.99. The van der Waals surface area contributed by atoms with Crippen LogP contribution in [0.2, 0.25) is 0 Å². The lowest BCUT2D eigenvalue weighted by atomic mass is 10.1. The highest BCUT2D eigenvalue weighted by Crippen LogP contribution is 2.22. The fourth-order valence-corrected chi connectivity index (χ4v) is 1.54. The van der Waals surface area contributed by atoms with Crippen LogP contribution in [0.5, 0.6) is 0 Å². The normalized spacial score (nSPS) is 10.9. The summed E-state index contributed by atoms with van der Waals surface area (Å²) in [6, 6.07) is 6.27. The van der Waals surface area contributed by atoms with Crippen LogP contribution in [0.25, 0.3) is 0 Å². The smallest absolute Gasteiger partial charge is 0.0912 e. The standard InChI is InChI=1S/C13H20N2/c1-5-15(6-2)10-14-13-11(3)8-7-9-12(13)4/h7-10H,5-6H2,1-4H3. The number of hydrogen-bond donors (Lipinski definition) is 0. The largest absolute Gasteiger partial charge is 0.363 e. The van der Waals surface area contributed by atoms with Crippen LogP contribution in [0.15, 0.2) is 23.2 Å². The Morgan fingerprint density at radius 3 is 2.13 bits per heavy atom. The lowest BCUT2D eigenvalue weighted by Gasteiger charge is -2.14. The number of aryl methyl sites for hydroxylation is 2. The molecule has 0 aliphatic heterocycles. The second-order valence-corrected chi connectivity index (χ2v) is 3.71. The van der Waals surface area contributed by atoms with Crippen LogP contribution < -0.4 is 0 Å². The second kappa shape index (κ2) is 5.54. The maximum atomic E-state index is 4.55. The summed E-state index contributed by atoms with van der Waals surface area (Å²) in [5.74, 6) is 0. The van der Waals surface area contributed by atoms with E-state index in [0.717, 1.165) is 18.8 Å². The molecule has 2 heteroatoms. The van der Waals surface area contributed by atoms with E-state index < -0.39 is 0 Å². The van der Waals surface area contributed by atoms with Crippen LogP contribution >= 0.6 is 0 Å². The Labute approximate surface area is 92.6 Å². The molecule has 82 valence electrons. The van der Waals surface area contributed by atoms with E-state index in [-0.39, 0.29) is 0 Å². The summed E-state index contributed by atoms with van der Waals surface area (Å²) in [6.45, 7) is 10.5. The van der Waals surface area contributed by atoms with Crippen molar-refractivity contribution in [1.29, 1.82) is 0 Å². The van der Waals surface area contributed by atoms with Crippen molar-refractivity contribution < 1.29 is 0 Å². The molecule has 0 radical (unpaired) electrons. The zero-order chi connectivity index (χ0) is 11.3. The van der Waals surface area contributed by atoms with Gasteiger partial charge in [-0.05, 0) is 38.8 Å². The van der Waals surface area contributed by atoms with Crippen molar-refractivity contribution in [2.75, 3.05) is 13.1 Å². The van der Waals surface area contributed by atoms with Crippen LogP contribution in [-0.2, 0) is 0 Å². The molecular formula is C13H20N2. The van der Waals surface area contributed by atoms with E-state index in [1.54, 1.807) is 0 Å². The first-order chi connectivity index (χ1) is 7.19. The summed E-state index contributed by atoms with van der Waals surface area (Å²) in [4.78, 5) is 6.73. The van der Waals surface area contributed by atoms with Crippen molar-refractivity contribution >= 4 is 12.0 Å². The molecular weight excluding hydrogens is 184 g/mol. The van der Waals surface area contributed by atoms with Crippen LogP contribution in [-0.4, -0.2) is 24.3 Å². The Kier molecular flexibility index (Phi) is 4.35. The molecule has 0 saturated carbocycles. The van der Waals surface area contributed by atoms with E-state index in [0.29, 0.717) is 0 Å². The molecule has 0 N–H and O–H groups in total. The van der Waals surface area contributed by atoms with Crippen LogP contribution in [0.1, 0.15) is 25.0 Å². The van der Waals surface area contributed by atoms with Gasteiger partial charge in [-0.1, -0.05) is 18.2 Å². The number of rotatable bonds is 4. The van der Waals surface area contributed by atoms with Gasteiger partial charge in [0.05, 0.1) is 12.0 Å². The fourth-order valence-electron chi connectivity index (χ4n) is 1.54. The number of nitrogens with zero attached hydrogens (tertiary/aromatic N) is 2. The Morgan fingerprint density at radius 1 is 1.13 bits per heavy atom. The zero-order valence-electron chi connectivity index (χ0n) is 10.1. The first-order valence-corrected chi connectivity index (χ1v) is 5.53. The zero-order valence-corrected chi connectivity index (χ0v) is 10.1. The average Bonchev–Trinajstić information content (AvgIpc) is 2.23. The minimum atomic E-state index is 1.00. The lowest BCUT2D eigenvalue weighted by molar-refractivity contribution is 0.479. The third-order valence-corrected chi connectivity index (χ3v) is 2.60. The third-order valence-electron chi connectivity index (χ3n) is 2.60. The van der Waals surface area contributed by atoms with Gasteiger partial charge in [0.1, 0.15) is 0 Å². The van der Waals surface area contributed by atoms with Crippen LogP contribution in [0.3, 0.4) is 0 Å². The molecule has 1 rings (SSSR count). The predicted molar refractivity (Wildman–Crippen MR) is 67.0 cm³/mol. The molecule has 0 fully saturated rings. The summed E-state index contributed by atoms with van der Waals surface area (Å²) in [5.41, 5.74) is 3.57. The SMILES string of the molecule is CCN(C=Nc1c(C)cccc1C)CC. The van der Waals surface area contributed by atoms with Crippen LogP contribution in [0, 0.1) is 13.8 Å². The molecule has 0 atom stereocenters. The van der Waals surface area contributed by atoms with Crippen molar-refractivity contribution in [2.45, 2.75) is 27.7 Å². The van der Waals surface area contributed by atoms with E-state index >= 15 is 0 Å². The molecule has 0 spiro atoms. The quantitative estimate of drug-likeness (QED) is 0.542. The second-order valence-electron chi connectivity index (χ2n) is 3.71. The molecule has 0 heterocycles. The first kappa shape index (κ1) is 11.8. The summed E-state index contributed by atoms with van der Waals surface area (Å²) in [6.07, 6.45) is 1.94. The van der Waals surface area contributed by atoms with Gasteiger partial charge in [-0.25, -0.2) is 4.99 Å². The molecule has 0 aliphatic rings. The highest BCUT2D eigenvalue weighted by molar-refractivity contribution is 5.65. The van der Waals surface area contributed by atoms with Crippen molar-refractivity contribution in [1.82, 2.24) is 4.90 Å². The Hall–Kier alpha value is -1.31. The summed E-state index contributed by atoms with van der Waals surface area (Å²) in [7, 11) is 0. The predicted octanol–water partition coefficient (Wildman–Crippen LogP) is 3.31. The van der Waals surface area contributed by atoms with Crippen LogP contribution in [0.4, 0.5) is 5.69 Å². The van der Waals surface area contributed by atoms with E-state index in [9.17, 15) is 0 Å². The Bertz CT molecular complexity index is 318. The fraction of sp³-hybridized carbons (Fsp3) is 0.462. The maximum Gasteiger partial charge on any atom is 0.0912 e. The Balaban J connectivity index is 2.88. The van der Waals surface area contributed by atoms with Gasteiger partial charge in [0, 0.05) is 13.1 Å². The molecule has 0 unspecified atom stereocenters. The van der Waals surface area contributed by atoms with Gasteiger partial charge < -0.3 is 4.90 Å². The third kappa shape index (κ3) is 3.08. The lowest BCUT2D eigenvalue weighted by Crippen LogP contribution is -2.20. The van der Waals surface area contributed by atoms with Gasteiger partial charge in [0.25, 0.3) is 0 Å². The molecule has 0 amide bonds. The number of benzene rings is 1. The Morgan fingerprint density at radius 2 is 1.67 bits per heavy atom. The molecule has 0 aliphatic carbocycles. The van der Waals surface area contributed by atoms with Gasteiger partial charge in [-0.15, -0.1) is 0 Å². The van der Waals surface area contributed by atoms with Gasteiger partial charge in [-0.3, -0.25) is 0 Å². The van der Waals surface area contributed by atoms with Gasteiger partial charge in [0.15, 0.2) is 0 Å². The average molecular weight is 204 g/mol. The van der Waals surface area contributed by atoms with Crippen molar-refractivity contribution in [3.8, 4) is 0 Å². The summed E-state index contributed by atoms with van der Waals surface area (Å²) >= 11 is 0. The van der Waals surface area contributed by atoms with Crippen molar-refractivity contribution in [3.63, 3.8) is 0 Å². The molecule has 1 aromatic carbocycles. The van der Waals surface area contributed by atoms with E-state index in [1.807, 2.05) is 6.34 Å².